The van der Waals surface area contributed by atoms with Crippen LogP contribution in [0.4, 0.5) is 4.79 Å². The van der Waals surface area contributed by atoms with Crippen molar-refractivity contribution < 1.29 is 13.9 Å². The molecule has 0 aliphatic rings. The van der Waals surface area contributed by atoms with Crippen molar-refractivity contribution in [2.45, 2.75) is 0 Å². The number of urea groups is 1. The van der Waals surface area contributed by atoms with E-state index in [0.717, 1.165) is 11.4 Å². The van der Waals surface area contributed by atoms with Crippen LogP contribution in [0.5, 0.6) is 0 Å². The Morgan fingerprint density at radius 1 is 1.50 bits per heavy atom. The highest BCUT2D eigenvalue weighted by Crippen LogP contribution is 2.53. The van der Waals surface area contributed by atoms with Gasteiger partial charge in [-0.2, -0.15) is 0 Å². The minimum absolute atomic E-state index is 0.357. The van der Waals surface area contributed by atoms with Gasteiger partial charge in [-0.3, -0.25) is 9.65 Å². The third kappa shape index (κ3) is 4.88. The summed E-state index contributed by atoms with van der Waals surface area (Å²) in [7, 11) is 1.29. The SMILES string of the molecule is C=CCN(CC=C)C(=O)NP(=O)(OC)SC. The third-order valence-corrected chi connectivity index (χ3v) is 5.29. The molecule has 0 spiro atoms. The summed E-state index contributed by atoms with van der Waals surface area (Å²) in [6, 6.07) is -0.459. The van der Waals surface area contributed by atoms with E-state index >= 15 is 0 Å². The summed E-state index contributed by atoms with van der Waals surface area (Å²) in [4.78, 5) is 13.1. The summed E-state index contributed by atoms with van der Waals surface area (Å²) < 4.78 is 16.6. The number of amides is 2. The molecule has 1 unspecified atom stereocenters. The van der Waals surface area contributed by atoms with Crippen molar-refractivity contribution >= 4 is 24.1 Å². The van der Waals surface area contributed by atoms with E-state index in [4.69, 9.17) is 4.52 Å². The molecular formula is C9H17N2O3PS. The third-order valence-electron chi connectivity index (χ3n) is 1.70. The molecule has 16 heavy (non-hydrogen) atoms. The molecule has 1 N–H and O–H groups in total. The van der Waals surface area contributed by atoms with Crippen LogP contribution in [0, 0.1) is 0 Å². The van der Waals surface area contributed by atoms with Crippen molar-refractivity contribution in [3.63, 3.8) is 0 Å². The zero-order chi connectivity index (χ0) is 12.6. The first kappa shape index (κ1) is 15.3. The molecule has 0 bridgehead atoms. The molecule has 0 aliphatic carbocycles. The summed E-state index contributed by atoms with van der Waals surface area (Å²) in [6.07, 6.45) is 4.77. The van der Waals surface area contributed by atoms with Gasteiger partial charge in [0.1, 0.15) is 0 Å². The predicted molar refractivity (Wildman–Crippen MR) is 68.6 cm³/mol. The maximum Gasteiger partial charge on any atom is 0.354 e. The smallest absolute Gasteiger partial charge is 0.317 e. The molecule has 0 aromatic heterocycles. The van der Waals surface area contributed by atoms with Gasteiger partial charge in [0, 0.05) is 20.2 Å². The van der Waals surface area contributed by atoms with Crippen molar-refractivity contribution in [3.8, 4) is 0 Å². The average molecular weight is 264 g/mol. The first-order chi connectivity index (χ1) is 7.52. The molecule has 0 saturated carbocycles. The molecule has 0 aliphatic heterocycles. The van der Waals surface area contributed by atoms with E-state index in [1.165, 1.54) is 12.0 Å². The van der Waals surface area contributed by atoms with Gasteiger partial charge in [0.25, 0.3) is 0 Å². The second-order valence-electron chi connectivity index (χ2n) is 2.76. The Balaban J connectivity index is 4.56. The van der Waals surface area contributed by atoms with E-state index in [0.29, 0.717) is 13.1 Å². The number of nitrogens with zero attached hydrogens (tertiary/aromatic N) is 1. The van der Waals surface area contributed by atoms with Gasteiger partial charge in [-0.15, -0.1) is 13.2 Å². The van der Waals surface area contributed by atoms with Gasteiger partial charge >= 0.3 is 12.8 Å². The highest BCUT2D eigenvalue weighted by molar-refractivity contribution is 8.55. The summed E-state index contributed by atoms with van der Waals surface area (Å²) in [5.74, 6) is 0. The molecule has 0 aromatic carbocycles. The molecule has 0 radical (unpaired) electrons. The molecule has 0 aromatic rings. The Labute approximate surface area is 100 Å². The molecule has 0 rings (SSSR count). The van der Waals surface area contributed by atoms with Crippen LogP contribution in [0.1, 0.15) is 0 Å². The Bertz CT molecular complexity index is 291. The molecule has 0 saturated heterocycles. The Morgan fingerprint density at radius 2 is 2.00 bits per heavy atom. The Hall–Kier alpha value is -0.710. The highest BCUT2D eigenvalue weighted by atomic mass is 32.7. The zero-order valence-electron chi connectivity index (χ0n) is 9.51. The van der Waals surface area contributed by atoms with Crippen LogP contribution in [0.2, 0.25) is 0 Å². The predicted octanol–water partition coefficient (Wildman–Crippen LogP) is 2.49. The number of nitrogens with one attached hydrogen (secondary N) is 1. The van der Waals surface area contributed by atoms with Gasteiger partial charge in [0.2, 0.25) is 0 Å². The monoisotopic (exact) mass is 264 g/mol. The van der Waals surface area contributed by atoms with E-state index in [1.807, 2.05) is 0 Å². The summed E-state index contributed by atoms with van der Waals surface area (Å²) in [5, 5.41) is 2.35. The normalized spacial score (nSPS) is 13.6. The molecule has 0 fully saturated rings. The lowest BCUT2D eigenvalue weighted by molar-refractivity contribution is 0.213. The quantitative estimate of drug-likeness (QED) is 0.567. The van der Waals surface area contributed by atoms with Crippen LogP contribution in [0.25, 0.3) is 0 Å². The minimum atomic E-state index is -3.13. The summed E-state index contributed by atoms with van der Waals surface area (Å²) in [5.41, 5.74) is 0. The van der Waals surface area contributed by atoms with Crippen LogP contribution in [0.3, 0.4) is 0 Å². The first-order valence-corrected chi connectivity index (χ1v) is 7.99. The zero-order valence-corrected chi connectivity index (χ0v) is 11.2. The van der Waals surface area contributed by atoms with E-state index in [-0.39, 0.29) is 0 Å². The lowest BCUT2D eigenvalue weighted by Crippen LogP contribution is -2.38. The average Bonchev–Trinajstić information content (AvgIpc) is 2.28. The fourth-order valence-corrected chi connectivity index (χ4v) is 2.57. The number of carbonyl (C=O) groups excluding carboxylic acids is 1. The summed E-state index contributed by atoms with van der Waals surface area (Å²) >= 11 is 0.977. The molecule has 2 amide bonds. The minimum Gasteiger partial charge on any atom is -0.317 e. The van der Waals surface area contributed by atoms with Crippen molar-refractivity contribution in [2.24, 2.45) is 0 Å². The van der Waals surface area contributed by atoms with Crippen LogP contribution in [0.15, 0.2) is 25.3 Å². The van der Waals surface area contributed by atoms with Gasteiger partial charge in [-0.05, 0) is 6.26 Å². The second kappa shape index (κ2) is 7.54. The maximum absolute atomic E-state index is 11.8. The fraction of sp³-hybridized carbons (Fsp3) is 0.444. The van der Waals surface area contributed by atoms with Gasteiger partial charge < -0.3 is 9.42 Å². The van der Waals surface area contributed by atoms with E-state index in [1.54, 1.807) is 18.4 Å². The number of hydrogen-bond donors (Lipinski definition) is 1. The Kier molecular flexibility index (Phi) is 7.21. The highest BCUT2D eigenvalue weighted by Gasteiger charge is 2.25. The lowest BCUT2D eigenvalue weighted by atomic mass is 10.5. The van der Waals surface area contributed by atoms with Crippen LogP contribution >= 0.6 is 18.1 Å². The van der Waals surface area contributed by atoms with Crippen molar-refractivity contribution in [3.05, 3.63) is 25.3 Å². The van der Waals surface area contributed by atoms with Gasteiger partial charge in [-0.1, -0.05) is 23.5 Å². The fourth-order valence-electron chi connectivity index (χ4n) is 0.906. The van der Waals surface area contributed by atoms with Crippen molar-refractivity contribution in [1.29, 1.82) is 0 Å². The van der Waals surface area contributed by atoms with Gasteiger partial charge in [-0.25, -0.2) is 4.79 Å². The molecule has 5 nitrogen and oxygen atoms in total. The van der Waals surface area contributed by atoms with Crippen molar-refractivity contribution in [1.82, 2.24) is 9.99 Å². The second-order valence-corrected chi connectivity index (χ2v) is 7.25. The topological polar surface area (TPSA) is 58.6 Å². The number of carbonyl (C=O) groups is 1. The van der Waals surface area contributed by atoms with Crippen LogP contribution in [-0.2, 0) is 9.09 Å². The maximum atomic E-state index is 11.8. The van der Waals surface area contributed by atoms with E-state index in [9.17, 15) is 9.36 Å². The van der Waals surface area contributed by atoms with E-state index in [2.05, 4.69) is 18.2 Å². The largest absolute Gasteiger partial charge is 0.354 e. The summed E-state index contributed by atoms with van der Waals surface area (Å²) in [6.45, 7) is 4.66. The number of hydrogen-bond acceptors (Lipinski definition) is 4. The molecule has 1 atom stereocenters. The number of rotatable bonds is 7. The molecule has 0 heterocycles. The first-order valence-electron chi connectivity index (χ1n) is 4.53. The lowest BCUT2D eigenvalue weighted by Gasteiger charge is -2.22. The van der Waals surface area contributed by atoms with Crippen LogP contribution < -0.4 is 5.09 Å². The molecule has 7 heteroatoms. The Morgan fingerprint density at radius 3 is 2.31 bits per heavy atom. The molecule has 92 valence electrons. The molecular weight excluding hydrogens is 247 g/mol. The van der Waals surface area contributed by atoms with Crippen LogP contribution in [-0.4, -0.2) is 37.4 Å². The van der Waals surface area contributed by atoms with E-state index < -0.39 is 12.8 Å². The van der Waals surface area contributed by atoms with Gasteiger partial charge in [0.05, 0.1) is 0 Å². The standard InChI is InChI=1S/C9H17N2O3PS/c1-5-7-11(8-6-2)9(12)10-15(13,14-3)16-4/h5-6H,1-2,7-8H2,3-4H3,(H,10,12,13). The van der Waals surface area contributed by atoms with Gasteiger partial charge in [0.15, 0.2) is 0 Å². The van der Waals surface area contributed by atoms with Crippen molar-refractivity contribution in [2.75, 3.05) is 26.5 Å².